The number of thiophene rings is 1. The molecule has 2 saturated heterocycles. The van der Waals surface area contributed by atoms with Crippen molar-refractivity contribution in [1.29, 1.82) is 0 Å². The molecule has 0 aromatic carbocycles. The SMILES string of the molecule is CC(=O)N1CCO[C@H]2CN(S(=O)(=O)c3cccs3)CC[C@@H]2C1. The van der Waals surface area contributed by atoms with Gasteiger partial charge >= 0.3 is 0 Å². The number of nitrogens with zero attached hydrogens (tertiary/aromatic N) is 2. The lowest BCUT2D eigenvalue weighted by atomic mass is 9.94. The molecule has 2 aliphatic heterocycles. The Balaban J connectivity index is 1.73. The minimum absolute atomic E-state index is 0.0536. The van der Waals surface area contributed by atoms with Crippen molar-refractivity contribution in [3.8, 4) is 0 Å². The quantitative estimate of drug-likeness (QED) is 0.803. The van der Waals surface area contributed by atoms with Gasteiger partial charge in [0.05, 0.1) is 12.7 Å². The van der Waals surface area contributed by atoms with Crippen molar-refractivity contribution in [2.45, 2.75) is 23.7 Å². The fraction of sp³-hybridized carbons (Fsp3) is 0.643. The average Bonchev–Trinajstić information content (AvgIpc) is 2.94. The summed E-state index contributed by atoms with van der Waals surface area (Å²) in [5, 5.41) is 1.77. The zero-order chi connectivity index (χ0) is 15.7. The van der Waals surface area contributed by atoms with E-state index in [9.17, 15) is 13.2 Å². The lowest BCUT2D eigenvalue weighted by Crippen LogP contribution is -2.49. The summed E-state index contributed by atoms with van der Waals surface area (Å²) in [5.41, 5.74) is 0. The lowest BCUT2D eigenvalue weighted by molar-refractivity contribution is -0.129. The maximum Gasteiger partial charge on any atom is 0.252 e. The van der Waals surface area contributed by atoms with Crippen LogP contribution in [0, 0.1) is 5.92 Å². The Morgan fingerprint density at radius 2 is 2.18 bits per heavy atom. The van der Waals surface area contributed by atoms with Gasteiger partial charge in [-0.25, -0.2) is 8.42 Å². The summed E-state index contributed by atoms with van der Waals surface area (Å²) in [6, 6.07) is 3.38. The number of ether oxygens (including phenoxy) is 1. The Labute approximate surface area is 134 Å². The molecular formula is C14H20N2O4S2. The Bertz CT molecular complexity index is 629. The Morgan fingerprint density at radius 3 is 2.86 bits per heavy atom. The van der Waals surface area contributed by atoms with E-state index in [1.165, 1.54) is 15.6 Å². The summed E-state index contributed by atoms with van der Waals surface area (Å²) < 4.78 is 32.9. The van der Waals surface area contributed by atoms with Gasteiger partial charge in [0, 0.05) is 39.0 Å². The molecule has 8 heteroatoms. The van der Waals surface area contributed by atoms with E-state index >= 15 is 0 Å². The molecule has 0 radical (unpaired) electrons. The molecular weight excluding hydrogens is 324 g/mol. The van der Waals surface area contributed by atoms with Crippen LogP contribution in [-0.4, -0.2) is 62.4 Å². The number of hydrogen-bond acceptors (Lipinski definition) is 5. The first kappa shape index (κ1) is 15.9. The van der Waals surface area contributed by atoms with E-state index in [0.29, 0.717) is 37.0 Å². The van der Waals surface area contributed by atoms with Gasteiger partial charge < -0.3 is 9.64 Å². The van der Waals surface area contributed by atoms with Crippen molar-refractivity contribution in [1.82, 2.24) is 9.21 Å². The first-order valence-corrected chi connectivity index (χ1v) is 9.71. The normalized spacial score (nSPS) is 27.2. The van der Waals surface area contributed by atoms with Gasteiger partial charge in [-0.15, -0.1) is 11.3 Å². The van der Waals surface area contributed by atoms with E-state index < -0.39 is 10.0 Å². The Hall–Kier alpha value is -0.960. The molecule has 3 rings (SSSR count). The molecule has 0 saturated carbocycles. The highest BCUT2D eigenvalue weighted by atomic mass is 32.2. The van der Waals surface area contributed by atoms with Crippen LogP contribution in [0.4, 0.5) is 0 Å². The predicted molar refractivity (Wildman–Crippen MR) is 83.2 cm³/mol. The molecule has 0 unspecified atom stereocenters. The van der Waals surface area contributed by atoms with Crippen LogP contribution in [0.5, 0.6) is 0 Å². The second-order valence-electron chi connectivity index (χ2n) is 5.72. The van der Waals surface area contributed by atoms with Gasteiger partial charge in [-0.2, -0.15) is 4.31 Å². The second kappa shape index (κ2) is 6.27. The zero-order valence-electron chi connectivity index (χ0n) is 12.5. The van der Waals surface area contributed by atoms with E-state index in [1.807, 2.05) is 0 Å². The second-order valence-corrected chi connectivity index (χ2v) is 8.83. The summed E-state index contributed by atoms with van der Waals surface area (Å²) in [6.07, 6.45) is 0.590. The van der Waals surface area contributed by atoms with Crippen molar-refractivity contribution in [2.75, 3.05) is 32.8 Å². The van der Waals surface area contributed by atoms with Crippen LogP contribution in [-0.2, 0) is 19.6 Å². The lowest BCUT2D eigenvalue weighted by Gasteiger charge is -2.36. The summed E-state index contributed by atoms with van der Waals surface area (Å²) in [6.45, 7) is 4.13. The van der Waals surface area contributed by atoms with Gasteiger partial charge in [0.25, 0.3) is 10.0 Å². The first-order chi connectivity index (χ1) is 10.5. The molecule has 0 bridgehead atoms. The molecule has 0 spiro atoms. The molecule has 2 aliphatic rings. The van der Waals surface area contributed by atoms with Crippen molar-refractivity contribution >= 4 is 27.3 Å². The Morgan fingerprint density at radius 1 is 1.36 bits per heavy atom. The topological polar surface area (TPSA) is 66.9 Å². The average molecular weight is 344 g/mol. The molecule has 0 aliphatic carbocycles. The van der Waals surface area contributed by atoms with Gasteiger partial charge in [0.1, 0.15) is 4.21 Å². The van der Waals surface area contributed by atoms with Gasteiger partial charge in [0.2, 0.25) is 5.91 Å². The van der Waals surface area contributed by atoms with Crippen LogP contribution in [0.15, 0.2) is 21.7 Å². The van der Waals surface area contributed by atoms with Crippen molar-refractivity contribution < 1.29 is 17.9 Å². The number of amides is 1. The van der Waals surface area contributed by atoms with Crippen LogP contribution < -0.4 is 0 Å². The third-order valence-electron chi connectivity index (χ3n) is 4.34. The van der Waals surface area contributed by atoms with E-state index in [2.05, 4.69) is 0 Å². The highest BCUT2D eigenvalue weighted by Gasteiger charge is 2.38. The van der Waals surface area contributed by atoms with E-state index in [1.54, 1.807) is 29.3 Å². The molecule has 2 atom stereocenters. The number of fused-ring (bicyclic) bond motifs is 1. The minimum Gasteiger partial charge on any atom is -0.375 e. The van der Waals surface area contributed by atoms with Crippen LogP contribution >= 0.6 is 11.3 Å². The van der Waals surface area contributed by atoms with Crippen molar-refractivity contribution in [3.05, 3.63) is 17.5 Å². The summed E-state index contributed by atoms with van der Waals surface area (Å²) in [7, 11) is -3.42. The molecule has 0 N–H and O–H groups in total. The third-order valence-corrected chi connectivity index (χ3v) is 7.58. The van der Waals surface area contributed by atoms with Crippen LogP contribution in [0.2, 0.25) is 0 Å². The monoisotopic (exact) mass is 344 g/mol. The number of carbonyl (C=O) groups excluding carboxylic acids is 1. The first-order valence-electron chi connectivity index (χ1n) is 7.39. The number of sulfonamides is 1. The molecule has 22 heavy (non-hydrogen) atoms. The summed E-state index contributed by atoms with van der Waals surface area (Å²) in [5.74, 6) is 0.263. The zero-order valence-corrected chi connectivity index (χ0v) is 14.1. The van der Waals surface area contributed by atoms with Gasteiger partial charge in [-0.1, -0.05) is 6.07 Å². The van der Waals surface area contributed by atoms with Gasteiger partial charge in [-0.3, -0.25) is 4.79 Å². The number of rotatable bonds is 2. The number of hydrogen-bond donors (Lipinski definition) is 0. The molecule has 1 aromatic rings. The van der Waals surface area contributed by atoms with Gasteiger partial charge in [0.15, 0.2) is 0 Å². The number of carbonyl (C=O) groups is 1. The molecule has 2 fully saturated rings. The molecule has 3 heterocycles. The number of piperidine rings is 1. The standard InChI is InChI=1S/C14H20N2O4S2/c1-11(17)15-6-7-20-13-10-16(5-4-12(13)9-15)22(18,19)14-3-2-8-21-14/h2-3,8,12-13H,4-7,9-10H2,1H3/t12-,13+/m1/s1. The van der Waals surface area contributed by atoms with Crippen molar-refractivity contribution in [2.24, 2.45) is 5.92 Å². The van der Waals surface area contributed by atoms with E-state index in [0.717, 1.165) is 6.42 Å². The third kappa shape index (κ3) is 3.05. The maximum absolute atomic E-state index is 12.6. The van der Waals surface area contributed by atoms with Crippen molar-refractivity contribution in [3.63, 3.8) is 0 Å². The smallest absolute Gasteiger partial charge is 0.252 e. The summed E-state index contributed by atoms with van der Waals surface area (Å²) in [4.78, 5) is 13.4. The molecule has 1 aromatic heterocycles. The fourth-order valence-electron chi connectivity index (χ4n) is 3.06. The Kier molecular flexibility index (Phi) is 4.54. The fourth-order valence-corrected chi connectivity index (χ4v) is 5.68. The highest BCUT2D eigenvalue weighted by Crippen LogP contribution is 2.29. The van der Waals surface area contributed by atoms with E-state index in [-0.39, 0.29) is 17.9 Å². The van der Waals surface area contributed by atoms with Crippen LogP contribution in [0.3, 0.4) is 0 Å². The molecule has 122 valence electrons. The van der Waals surface area contributed by atoms with Crippen LogP contribution in [0.1, 0.15) is 13.3 Å². The maximum atomic E-state index is 12.6. The minimum atomic E-state index is -3.42. The highest BCUT2D eigenvalue weighted by molar-refractivity contribution is 7.91. The largest absolute Gasteiger partial charge is 0.375 e. The van der Waals surface area contributed by atoms with E-state index in [4.69, 9.17) is 4.74 Å². The summed E-state index contributed by atoms with van der Waals surface area (Å²) >= 11 is 1.24. The van der Waals surface area contributed by atoms with Crippen LogP contribution in [0.25, 0.3) is 0 Å². The molecule has 6 nitrogen and oxygen atoms in total. The van der Waals surface area contributed by atoms with Gasteiger partial charge in [-0.05, 0) is 17.9 Å². The predicted octanol–water partition coefficient (Wildman–Crippen LogP) is 1.01. The molecule has 1 amide bonds.